The predicted molar refractivity (Wildman–Crippen MR) is 89.5 cm³/mol. The fourth-order valence-electron chi connectivity index (χ4n) is 1.85. The monoisotopic (exact) mass is 347 g/mol. The van der Waals surface area contributed by atoms with Crippen LogP contribution >= 0.6 is 15.9 Å². The molecule has 0 aliphatic rings. The molecule has 0 aliphatic heterocycles. The van der Waals surface area contributed by atoms with Crippen molar-refractivity contribution >= 4 is 33.3 Å². The highest BCUT2D eigenvalue weighted by Crippen LogP contribution is 2.17. The molecule has 0 atom stereocenters. The lowest BCUT2D eigenvalue weighted by Crippen LogP contribution is -2.15. The zero-order chi connectivity index (χ0) is 15.1. The number of hydrogen-bond donors (Lipinski definition) is 2. The van der Waals surface area contributed by atoms with E-state index in [-0.39, 0.29) is 5.91 Å². The van der Waals surface area contributed by atoms with E-state index in [0.717, 1.165) is 28.8 Å². The van der Waals surface area contributed by atoms with Crippen molar-refractivity contribution in [3.63, 3.8) is 0 Å². The van der Waals surface area contributed by atoms with Gasteiger partial charge in [-0.05, 0) is 30.2 Å². The van der Waals surface area contributed by atoms with Gasteiger partial charge in [0.1, 0.15) is 5.82 Å². The molecular formula is C16H18BrN3O. The zero-order valence-electron chi connectivity index (χ0n) is 11.9. The number of rotatable bonds is 6. The number of nitrogens with one attached hydrogen (secondary N) is 2. The summed E-state index contributed by atoms with van der Waals surface area (Å²) in [6.45, 7) is 2.99. The first-order valence-corrected chi connectivity index (χ1v) is 7.71. The largest absolute Gasteiger partial charge is 0.370 e. The Hall–Kier alpha value is -1.88. The van der Waals surface area contributed by atoms with Gasteiger partial charge in [-0.2, -0.15) is 0 Å². The molecule has 5 heteroatoms. The Labute approximate surface area is 133 Å². The van der Waals surface area contributed by atoms with Crippen LogP contribution in [-0.4, -0.2) is 17.4 Å². The number of carbonyl (C=O) groups is 1. The Morgan fingerprint density at radius 1 is 1.24 bits per heavy atom. The molecule has 4 nitrogen and oxygen atoms in total. The number of anilines is 2. The van der Waals surface area contributed by atoms with Crippen molar-refractivity contribution in [2.45, 2.75) is 19.8 Å². The van der Waals surface area contributed by atoms with Crippen molar-refractivity contribution in [2.75, 3.05) is 17.2 Å². The van der Waals surface area contributed by atoms with Gasteiger partial charge in [0.05, 0.1) is 18.3 Å². The van der Waals surface area contributed by atoms with Crippen LogP contribution in [0.25, 0.3) is 0 Å². The van der Waals surface area contributed by atoms with E-state index in [1.807, 2.05) is 36.4 Å². The van der Waals surface area contributed by atoms with E-state index in [0.29, 0.717) is 12.1 Å². The first-order chi connectivity index (χ1) is 10.2. The van der Waals surface area contributed by atoms with Crippen LogP contribution in [0.4, 0.5) is 11.5 Å². The lowest BCUT2D eigenvalue weighted by Gasteiger charge is -2.08. The SMILES string of the molecule is CCCNc1ccc(NC(=O)Cc2ccccc2Br)cn1. The zero-order valence-corrected chi connectivity index (χ0v) is 13.5. The molecule has 0 unspecified atom stereocenters. The van der Waals surface area contributed by atoms with Gasteiger partial charge in [-0.25, -0.2) is 4.98 Å². The third-order valence-electron chi connectivity index (χ3n) is 2.91. The minimum absolute atomic E-state index is 0.0574. The Kier molecular flexibility index (Phi) is 5.75. The van der Waals surface area contributed by atoms with Crippen LogP contribution in [0.15, 0.2) is 47.1 Å². The lowest BCUT2D eigenvalue weighted by molar-refractivity contribution is -0.115. The van der Waals surface area contributed by atoms with Gasteiger partial charge in [0.15, 0.2) is 0 Å². The maximum atomic E-state index is 12.0. The number of nitrogens with zero attached hydrogens (tertiary/aromatic N) is 1. The average Bonchev–Trinajstić information content (AvgIpc) is 2.49. The summed E-state index contributed by atoms with van der Waals surface area (Å²) in [6, 6.07) is 11.4. The van der Waals surface area contributed by atoms with Gasteiger partial charge in [0, 0.05) is 11.0 Å². The molecule has 2 aromatic rings. The van der Waals surface area contributed by atoms with Crippen molar-refractivity contribution in [1.29, 1.82) is 0 Å². The molecule has 0 fully saturated rings. The molecule has 21 heavy (non-hydrogen) atoms. The minimum Gasteiger partial charge on any atom is -0.370 e. The molecule has 2 N–H and O–H groups in total. The number of benzene rings is 1. The fraction of sp³-hybridized carbons (Fsp3) is 0.250. The second kappa shape index (κ2) is 7.78. The van der Waals surface area contributed by atoms with Gasteiger partial charge < -0.3 is 10.6 Å². The van der Waals surface area contributed by atoms with E-state index in [2.05, 4.69) is 38.5 Å². The normalized spacial score (nSPS) is 10.2. The van der Waals surface area contributed by atoms with Crippen LogP contribution in [0.3, 0.4) is 0 Å². The number of pyridine rings is 1. The molecule has 1 aromatic heterocycles. The molecule has 0 saturated heterocycles. The highest BCUT2D eigenvalue weighted by molar-refractivity contribution is 9.10. The number of amides is 1. The highest BCUT2D eigenvalue weighted by Gasteiger charge is 2.07. The van der Waals surface area contributed by atoms with Crippen molar-refractivity contribution in [1.82, 2.24) is 4.98 Å². The van der Waals surface area contributed by atoms with Crippen molar-refractivity contribution in [2.24, 2.45) is 0 Å². The van der Waals surface area contributed by atoms with E-state index in [4.69, 9.17) is 0 Å². The van der Waals surface area contributed by atoms with E-state index in [1.54, 1.807) is 6.20 Å². The van der Waals surface area contributed by atoms with Gasteiger partial charge in [0.2, 0.25) is 5.91 Å². The van der Waals surface area contributed by atoms with Crippen molar-refractivity contribution in [3.8, 4) is 0 Å². The molecule has 0 radical (unpaired) electrons. The number of aromatic nitrogens is 1. The van der Waals surface area contributed by atoms with Crippen LogP contribution in [0.1, 0.15) is 18.9 Å². The van der Waals surface area contributed by atoms with Gasteiger partial charge in [-0.3, -0.25) is 4.79 Å². The highest BCUT2D eigenvalue weighted by atomic mass is 79.9. The smallest absolute Gasteiger partial charge is 0.228 e. The molecule has 0 bridgehead atoms. The van der Waals surface area contributed by atoms with Gasteiger partial charge in [-0.15, -0.1) is 0 Å². The molecular weight excluding hydrogens is 330 g/mol. The third kappa shape index (κ3) is 4.86. The summed E-state index contributed by atoms with van der Waals surface area (Å²) in [5.74, 6) is 0.763. The fourth-order valence-corrected chi connectivity index (χ4v) is 2.27. The first kappa shape index (κ1) is 15.5. The Morgan fingerprint density at radius 3 is 2.71 bits per heavy atom. The van der Waals surface area contributed by atoms with Crippen LogP contribution in [0.2, 0.25) is 0 Å². The summed E-state index contributed by atoms with van der Waals surface area (Å²) in [5.41, 5.74) is 1.67. The van der Waals surface area contributed by atoms with Crippen LogP contribution in [-0.2, 0) is 11.2 Å². The topological polar surface area (TPSA) is 54.0 Å². The Bertz CT molecular complexity index is 599. The number of hydrogen-bond acceptors (Lipinski definition) is 3. The molecule has 0 spiro atoms. The van der Waals surface area contributed by atoms with Crippen molar-refractivity contribution < 1.29 is 4.79 Å². The van der Waals surface area contributed by atoms with Crippen LogP contribution < -0.4 is 10.6 Å². The summed E-state index contributed by atoms with van der Waals surface area (Å²) < 4.78 is 0.942. The van der Waals surface area contributed by atoms with E-state index in [1.165, 1.54) is 0 Å². The standard InChI is InChI=1S/C16H18BrN3O/c1-2-9-18-15-8-7-13(11-19-15)20-16(21)10-12-5-3-4-6-14(12)17/h3-8,11H,2,9-10H2,1H3,(H,18,19)(H,20,21). The maximum Gasteiger partial charge on any atom is 0.228 e. The first-order valence-electron chi connectivity index (χ1n) is 6.92. The molecule has 110 valence electrons. The average molecular weight is 348 g/mol. The van der Waals surface area contributed by atoms with E-state index in [9.17, 15) is 4.79 Å². The minimum atomic E-state index is -0.0574. The molecule has 0 aliphatic carbocycles. The maximum absolute atomic E-state index is 12.0. The van der Waals surface area contributed by atoms with Gasteiger partial charge in [-0.1, -0.05) is 41.1 Å². The van der Waals surface area contributed by atoms with Crippen LogP contribution in [0.5, 0.6) is 0 Å². The molecule has 1 aromatic carbocycles. The van der Waals surface area contributed by atoms with E-state index >= 15 is 0 Å². The Morgan fingerprint density at radius 2 is 2.05 bits per heavy atom. The summed E-state index contributed by atoms with van der Waals surface area (Å²) in [5, 5.41) is 6.04. The van der Waals surface area contributed by atoms with E-state index < -0.39 is 0 Å². The summed E-state index contributed by atoms with van der Waals surface area (Å²) in [4.78, 5) is 16.3. The third-order valence-corrected chi connectivity index (χ3v) is 3.69. The predicted octanol–water partition coefficient (Wildman–Crippen LogP) is 3.85. The van der Waals surface area contributed by atoms with Gasteiger partial charge >= 0.3 is 0 Å². The second-order valence-corrected chi connectivity index (χ2v) is 5.53. The lowest BCUT2D eigenvalue weighted by atomic mass is 10.1. The molecule has 0 saturated carbocycles. The Balaban J connectivity index is 1.92. The quantitative estimate of drug-likeness (QED) is 0.834. The van der Waals surface area contributed by atoms with Crippen LogP contribution in [0, 0.1) is 0 Å². The molecule has 1 heterocycles. The number of carbonyl (C=O) groups excluding carboxylic acids is 1. The summed E-state index contributed by atoms with van der Waals surface area (Å²) >= 11 is 3.44. The van der Waals surface area contributed by atoms with Gasteiger partial charge in [0.25, 0.3) is 0 Å². The summed E-state index contributed by atoms with van der Waals surface area (Å²) in [7, 11) is 0. The summed E-state index contributed by atoms with van der Waals surface area (Å²) in [6.07, 6.45) is 3.04. The molecule has 2 rings (SSSR count). The molecule has 1 amide bonds. The number of halogens is 1. The second-order valence-electron chi connectivity index (χ2n) is 4.68. The van der Waals surface area contributed by atoms with Crippen molar-refractivity contribution in [3.05, 3.63) is 52.6 Å².